The molecule has 0 fully saturated rings. The van der Waals surface area contributed by atoms with Gasteiger partial charge < -0.3 is 14.8 Å². The van der Waals surface area contributed by atoms with Crippen LogP contribution < -0.4 is 5.69 Å². The Morgan fingerprint density at radius 3 is 2.85 bits per heavy atom. The molecule has 2 rings (SSSR count). The average Bonchev–Trinajstić information content (AvgIpc) is 2.74. The molecule has 6 heteroatoms. The first-order chi connectivity index (χ1) is 9.65. The molecule has 0 aliphatic heterocycles. The summed E-state index contributed by atoms with van der Waals surface area (Å²) >= 11 is 0. The third kappa shape index (κ3) is 2.91. The Balaban J connectivity index is 2.26. The molecule has 0 amide bonds. The first kappa shape index (κ1) is 14.3. The lowest BCUT2D eigenvalue weighted by molar-refractivity contribution is 0.0698. The molecular formula is C14H18N2O4. The summed E-state index contributed by atoms with van der Waals surface area (Å²) in [7, 11) is 1.66. The number of hydrogen-bond acceptors (Lipinski definition) is 3. The fourth-order valence-corrected chi connectivity index (χ4v) is 2.30. The van der Waals surface area contributed by atoms with Crippen LogP contribution in [-0.2, 0) is 11.3 Å². The van der Waals surface area contributed by atoms with Gasteiger partial charge in [0.25, 0.3) is 0 Å². The van der Waals surface area contributed by atoms with Crippen molar-refractivity contribution in [2.45, 2.75) is 25.8 Å². The Morgan fingerprint density at radius 2 is 2.15 bits per heavy atom. The number of fused-ring (bicyclic) bond motifs is 1. The van der Waals surface area contributed by atoms with Gasteiger partial charge in [-0.3, -0.25) is 4.57 Å². The van der Waals surface area contributed by atoms with E-state index in [1.54, 1.807) is 19.2 Å². The zero-order chi connectivity index (χ0) is 14.5. The molecule has 108 valence electrons. The van der Waals surface area contributed by atoms with Crippen LogP contribution >= 0.6 is 0 Å². The van der Waals surface area contributed by atoms with Crippen LogP contribution in [0, 0.1) is 0 Å². The lowest BCUT2D eigenvalue weighted by Crippen LogP contribution is -2.18. The Labute approximate surface area is 116 Å². The standard InChI is InChI=1S/C14H18N2O4/c1-20-9-4-2-3-8-16-12-10(13(17)18)6-5-7-11(12)15-14(16)19/h5-7H,2-4,8-9H2,1H3,(H,15,19)(H,17,18). The van der Waals surface area contributed by atoms with E-state index < -0.39 is 5.97 Å². The monoisotopic (exact) mass is 278 g/mol. The van der Waals surface area contributed by atoms with Crippen LogP contribution in [-0.4, -0.2) is 34.3 Å². The smallest absolute Gasteiger partial charge is 0.337 e. The van der Waals surface area contributed by atoms with E-state index in [2.05, 4.69) is 4.98 Å². The van der Waals surface area contributed by atoms with Gasteiger partial charge in [-0.1, -0.05) is 6.07 Å². The van der Waals surface area contributed by atoms with Crippen LogP contribution in [0.2, 0.25) is 0 Å². The molecule has 0 saturated carbocycles. The topological polar surface area (TPSA) is 84.3 Å². The van der Waals surface area contributed by atoms with E-state index >= 15 is 0 Å². The highest BCUT2D eigenvalue weighted by molar-refractivity contribution is 6.01. The second-order valence-electron chi connectivity index (χ2n) is 4.64. The quantitative estimate of drug-likeness (QED) is 0.757. The third-order valence-corrected chi connectivity index (χ3v) is 3.25. The lowest BCUT2D eigenvalue weighted by Gasteiger charge is -2.05. The minimum Gasteiger partial charge on any atom is -0.478 e. The molecule has 20 heavy (non-hydrogen) atoms. The molecular weight excluding hydrogens is 260 g/mol. The van der Waals surface area contributed by atoms with Crippen molar-refractivity contribution in [2.24, 2.45) is 0 Å². The molecule has 2 aromatic rings. The second kappa shape index (κ2) is 6.38. The van der Waals surface area contributed by atoms with Crippen LogP contribution in [0.25, 0.3) is 11.0 Å². The van der Waals surface area contributed by atoms with E-state index in [1.165, 1.54) is 10.6 Å². The predicted molar refractivity (Wildman–Crippen MR) is 75.2 cm³/mol. The summed E-state index contributed by atoms with van der Waals surface area (Å²) in [6, 6.07) is 4.86. The Kier molecular flexibility index (Phi) is 4.57. The fourth-order valence-electron chi connectivity index (χ4n) is 2.30. The number of aryl methyl sites for hydroxylation is 1. The van der Waals surface area contributed by atoms with Crippen LogP contribution in [0.1, 0.15) is 29.6 Å². The normalized spacial score (nSPS) is 11.1. The van der Waals surface area contributed by atoms with E-state index in [9.17, 15) is 14.7 Å². The summed E-state index contributed by atoms with van der Waals surface area (Å²) in [6.07, 6.45) is 2.67. The number of rotatable bonds is 7. The van der Waals surface area contributed by atoms with Gasteiger partial charge in [0, 0.05) is 20.3 Å². The van der Waals surface area contributed by atoms with Gasteiger partial charge >= 0.3 is 11.7 Å². The van der Waals surface area contributed by atoms with Gasteiger partial charge in [-0.05, 0) is 31.4 Å². The average molecular weight is 278 g/mol. The van der Waals surface area contributed by atoms with E-state index in [-0.39, 0.29) is 11.3 Å². The van der Waals surface area contributed by atoms with Crippen LogP contribution in [0.15, 0.2) is 23.0 Å². The van der Waals surface area contributed by atoms with Crippen molar-refractivity contribution in [1.29, 1.82) is 0 Å². The molecule has 2 N–H and O–H groups in total. The number of carbonyl (C=O) groups is 1. The number of aromatic carboxylic acids is 1. The minimum atomic E-state index is -1.03. The van der Waals surface area contributed by atoms with Gasteiger partial charge in [0.15, 0.2) is 0 Å². The molecule has 0 bridgehead atoms. The Bertz CT molecular complexity index is 657. The number of benzene rings is 1. The molecule has 0 atom stereocenters. The Morgan fingerprint density at radius 1 is 1.35 bits per heavy atom. The summed E-state index contributed by atoms with van der Waals surface area (Å²) in [6.45, 7) is 1.20. The molecule has 1 heterocycles. The highest BCUT2D eigenvalue weighted by Gasteiger charge is 2.14. The summed E-state index contributed by atoms with van der Waals surface area (Å²) in [5.41, 5.74) is 0.918. The zero-order valence-corrected chi connectivity index (χ0v) is 11.4. The molecule has 0 unspecified atom stereocenters. The first-order valence-electron chi connectivity index (χ1n) is 6.59. The molecule has 0 radical (unpaired) electrons. The molecule has 0 spiro atoms. The summed E-state index contributed by atoms with van der Waals surface area (Å²) in [5, 5.41) is 9.21. The maximum atomic E-state index is 11.9. The van der Waals surface area contributed by atoms with Crippen molar-refractivity contribution < 1.29 is 14.6 Å². The van der Waals surface area contributed by atoms with Gasteiger partial charge in [-0.15, -0.1) is 0 Å². The van der Waals surface area contributed by atoms with Crippen molar-refractivity contribution in [2.75, 3.05) is 13.7 Å². The van der Waals surface area contributed by atoms with Crippen molar-refractivity contribution in [1.82, 2.24) is 9.55 Å². The summed E-state index contributed by atoms with van der Waals surface area (Å²) in [4.78, 5) is 25.9. The maximum absolute atomic E-state index is 11.9. The minimum absolute atomic E-state index is 0.151. The summed E-state index contributed by atoms with van der Waals surface area (Å²) < 4.78 is 6.48. The number of unbranched alkanes of at least 4 members (excludes halogenated alkanes) is 2. The molecule has 0 saturated heterocycles. The van der Waals surface area contributed by atoms with E-state index in [1.807, 2.05) is 0 Å². The molecule has 0 aliphatic rings. The van der Waals surface area contributed by atoms with Crippen LogP contribution in [0.5, 0.6) is 0 Å². The Hall–Kier alpha value is -2.08. The zero-order valence-electron chi connectivity index (χ0n) is 11.4. The van der Waals surface area contributed by atoms with Gasteiger partial charge in [0.1, 0.15) is 0 Å². The van der Waals surface area contributed by atoms with Crippen molar-refractivity contribution in [3.05, 3.63) is 34.2 Å². The van der Waals surface area contributed by atoms with E-state index in [0.29, 0.717) is 24.2 Å². The van der Waals surface area contributed by atoms with Gasteiger partial charge in [-0.2, -0.15) is 0 Å². The number of hydrogen-bond donors (Lipinski definition) is 2. The number of aromatic amines is 1. The van der Waals surface area contributed by atoms with Crippen molar-refractivity contribution >= 4 is 17.0 Å². The molecule has 0 aliphatic carbocycles. The van der Waals surface area contributed by atoms with Crippen LogP contribution in [0.4, 0.5) is 0 Å². The second-order valence-corrected chi connectivity index (χ2v) is 4.64. The number of nitrogens with one attached hydrogen (secondary N) is 1. The van der Waals surface area contributed by atoms with Gasteiger partial charge in [-0.25, -0.2) is 9.59 Å². The number of ether oxygens (including phenoxy) is 1. The molecule has 1 aromatic heterocycles. The number of nitrogens with zero attached hydrogens (tertiary/aromatic N) is 1. The number of aromatic nitrogens is 2. The van der Waals surface area contributed by atoms with E-state index in [0.717, 1.165) is 19.3 Å². The SMILES string of the molecule is COCCCCCn1c(=O)[nH]c2cccc(C(=O)O)c21. The highest BCUT2D eigenvalue weighted by atomic mass is 16.5. The number of para-hydroxylation sites is 1. The molecule has 6 nitrogen and oxygen atoms in total. The maximum Gasteiger partial charge on any atom is 0.337 e. The molecule has 1 aromatic carbocycles. The summed E-state index contributed by atoms with van der Waals surface area (Å²) in [5.74, 6) is -1.03. The number of carboxylic acid groups (broad SMARTS) is 1. The third-order valence-electron chi connectivity index (χ3n) is 3.25. The number of carboxylic acids is 1. The predicted octanol–water partition coefficient (Wildman–Crippen LogP) is 1.84. The van der Waals surface area contributed by atoms with E-state index in [4.69, 9.17) is 4.74 Å². The fraction of sp³-hybridized carbons (Fsp3) is 0.429. The lowest BCUT2D eigenvalue weighted by atomic mass is 10.2. The number of methoxy groups -OCH3 is 1. The highest BCUT2D eigenvalue weighted by Crippen LogP contribution is 2.16. The number of imidazole rings is 1. The van der Waals surface area contributed by atoms with Crippen molar-refractivity contribution in [3.8, 4) is 0 Å². The van der Waals surface area contributed by atoms with Gasteiger partial charge in [0.2, 0.25) is 0 Å². The van der Waals surface area contributed by atoms with Gasteiger partial charge in [0.05, 0.1) is 16.6 Å². The van der Waals surface area contributed by atoms with Crippen LogP contribution in [0.3, 0.4) is 0 Å². The number of H-pyrrole nitrogens is 1. The van der Waals surface area contributed by atoms with Crippen molar-refractivity contribution in [3.63, 3.8) is 0 Å². The first-order valence-corrected chi connectivity index (χ1v) is 6.59. The largest absolute Gasteiger partial charge is 0.478 e.